The summed E-state index contributed by atoms with van der Waals surface area (Å²) in [5.41, 5.74) is 3.07. The summed E-state index contributed by atoms with van der Waals surface area (Å²) in [5.74, 6) is 0.0856. The SMILES string of the molecule is Cc1ccccc1CS(=O)(=O)N1CCN(Cc2cccnc2)CC1. The first kappa shape index (κ1) is 17.1. The third kappa shape index (κ3) is 4.20. The van der Waals surface area contributed by atoms with E-state index >= 15 is 0 Å². The van der Waals surface area contributed by atoms with Crippen LogP contribution < -0.4 is 0 Å². The zero-order chi connectivity index (χ0) is 17.0. The first-order valence-corrected chi connectivity index (χ1v) is 9.79. The fraction of sp³-hybridized carbons (Fsp3) is 0.389. The lowest BCUT2D eigenvalue weighted by Gasteiger charge is -2.34. The van der Waals surface area contributed by atoms with Gasteiger partial charge >= 0.3 is 0 Å². The Balaban J connectivity index is 1.58. The Labute approximate surface area is 144 Å². The third-order valence-corrected chi connectivity index (χ3v) is 6.28. The maximum atomic E-state index is 12.7. The molecule has 3 rings (SSSR count). The van der Waals surface area contributed by atoms with Crippen molar-refractivity contribution in [3.8, 4) is 0 Å². The monoisotopic (exact) mass is 345 g/mol. The van der Waals surface area contributed by atoms with Crippen molar-refractivity contribution >= 4 is 10.0 Å². The number of nitrogens with zero attached hydrogens (tertiary/aromatic N) is 3. The molecular weight excluding hydrogens is 322 g/mol. The molecule has 24 heavy (non-hydrogen) atoms. The van der Waals surface area contributed by atoms with Gasteiger partial charge in [-0.25, -0.2) is 8.42 Å². The van der Waals surface area contributed by atoms with Crippen LogP contribution in [-0.4, -0.2) is 48.8 Å². The molecule has 1 aliphatic rings. The fourth-order valence-corrected chi connectivity index (χ4v) is 4.59. The average molecular weight is 345 g/mol. The Morgan fingerprint density at radius 3 is 2.46 bits per heavy atom. The molecule has 1 saturated heterocycles. The molecule has 1 aliphatic heterocycles. The smallest absolute Gasteiger partial charge is 0.218 e. The Morgan fingerprint density at radius 1 is 1.04 bits per heavy atom. The van der Waals surface area contributed by atoms with Crippen LogP contribution >= 0.6 is 0 Å². The van der Waals surface area contributed by atoms with Gasteiger partial charge in [0.1, 0.15) is 0 Å². The predicted octanol–water partition coefficient (Wildman–Crippen LogP) is 2.04. The van der Waals surface area contributed by atoms with E-state index in [-0.39, 0.29) is 5.75 Å². The lowest BCUT2D eigenvalue weighted by atomic mass is 10.1. The topological polar surface area (TPSA) is 53.5 Å². The second kappa shape index (κ2) is 7.42. The second-order valence-electron chi connectivity index (χ2n) is 6.22. The van der Waals surface area contributed by atoms with Crippen molar-refractivity contribution < 1.29 is 8.42 Å². The number of benzene rings is 1. The molecule has 0 aliphatic carbocycles. The van der Waals surface area contributed by atoms with Crippen LogP contribution in [0.4, 0.5) is 0 Å². The van der Waals surface area contributed by atoms with Crippen molar-refractivity contribution in [2.24, 2.45) is 0 Å². The molecule has 0 saturated carbocycles. The van der Waals surface area contributed by atoms with Gasteiger partial charge < -0.3 is 0 Å². The first-order chi connectivity index (χ1) is 11.5. The minimum atomic E-state index is -3.26. The molecule has 2 aromatic rings. The highest BCUT2D eigenvalue weighted by Gasteiger charge is 2.27. The van der Waals surface area contributed by atoms with Gasteiger partial charge in [0.15, 0.2) is 0 Å². The van der Waals surface area contributed by atoms with Gasteiger partial charge in [-0.2, -0.15) is 4.31 Å². The molecule has 5 nitrogen and oxygen atoms in total. The van der Waals surface area contributed by atoms with Gasteiger partial charge in [0, 0.05) is 45.1 Å². The highest BCUT2D eigenvalue weighted by molar-refractivity contribution is 7.88. The van der Waals surface area contributed by atoms with Gasteiger partial charge in [-0.05, 0) is 29.7 Å². The molecule has 128 valence electrons. The summed E-state index contributed by atoms with van der Waals surface area (Å²) in [7, 11) is -3.26. The lowest BCUT2D eigenvalue weighted by molar-refractivity contribution is 0.181. The number of aromatic nitrogens is 1. The third-order valence-electron chi connectivity index (χ3n) is 4.45. The van der Waals surface area contributed by atoms with Crippen LogP contribution in [0.1, 0.15) is 16.7 Å². The fourth-order valence-electron chi connectivity index (χ4n) is 2.98. The van der Waals surface area contributed by atoms with Gasteiger partial charge in [0.05, 0.1) is 5.75 Å². The molecule has 2 heterocycles. The maximum Gasteiger partial charge on any atom is 0.218 e. The lowest BCUT2D eigenvalue weighted by Crippen LogP contribution is -2.48. The van der Waals surface area contributed by atoms with Gasteiger partial charge in [-0.1, -0.05) is 30.3 Å². The Morgan fingerprint density at radius 2 is 1.79 bits per heavy atom. The van der Waals surface area contributed by atoms with Crippen molar-refractivity contribution in [1.29, 1.82) is 0 Å². The van der Waals surface area contributed by atoms with Gasteiger partial charge in [-0.3, -0.25) is 9.88 Å². The van der Waals surface area contributed by atoms with E-state index < -0.39 is 10.0 Å². The van der Waals surface area contributed by atoms with E-state index in [1.807, 2.05) is 49.5 Å². The van der Waals surface area contributed by atoms with E-state index in [0.717, 1.165) is 36.3 Å². The van der Waals surface area contributed by atoms with Crippen LogP contribution in [0, 0.1) is 6.92 Å². The van der Waals surface area contributed by atoms with Crippen LogP contribution in [0.25, 0.3) is 0 Å². The minimum absolute atomic E-state index is 0.0856. The van der Waals surface area contributed by atoms with Crippen molar-refractivity contribution in [2.45, 2.75) is 19.2 Å². The van der Waals surface area contributed by atoms with E-state index in [2.05, 4.69) is 9.88 Å². The van der Waals surface area contributed by atoms with Crippen LogP contribution in [0.15, 0.2) is 48.8 Å². The number of hydrogen-bond donors (Lipinski definition) is 0. The van der Waals surface area contributed by atoms with E-state index in [0.29, 0.717) is 13.1 Å². The van der Waals surface area contributed by atoms with Gasteiger partial charge in [-0.15, -0.1) is 0 Å². The van der Waals surface area contributed by atoms with Crippen molar-refractivity contribution in [3.63, 3.8) is 0 Å². The highest BCUT2D eigenvalue weighted by atomic mass is 32.2. The minimum Gasteiger partial charge on any atom is -0.296 e. The molecule has 0 radical (unpaired) electrons. The van der Waals surface area contributed by atoms with Crippen LogP contribution in [0.2, 0.25) is 0 Å². The highest BCUT2D eigenvalue weighted by Crippen LogP contribution is 2.17. The van der Waals surface area contributed by atoms with E-state index in [4.69, 9.17) is 0 Å². The number of hydrogen-bond acceptors (Lipinski definition) is 4. The summed E-state index contributed by atoms with van der Waals surface area (Å²) < 4.78 is 27.0. The molecule has 0 amide bonds. The molecule has 6 heteroatoms. The molecule has 0 atom stereocenters. The Hall–Kier alpha value is -1.76. The Kier molecular flexibility index (Phi) is 5.28. The molecule has 0 spiro atoms. The van der Waals surface area contributed by atoms with E-state index in [9.17, 15) is 8.42 Å². The summed E-state index contributed by atoms with van der Waals surface area (Å²) in [4.78, 5) is 6.40. The Bertz CT molecular complexity index is 770. The largest absolute Gasteiger partial charge is 0.296 e. The molecule has 0 bridgehead atoms. The number of pyridine rings is 1. The van der Waals surface area contributed by atoms with Crippen LogP contribution in [-0.2, 0) is 22.3 Å². The quantitative estimate of drug-likeness (QED) is 0.832. The van der Waals surface area contributed by atoms with Crippen molar-refractivity contribution in [1.82, 2.24) is 14.2 Å². The average Bonchev–Trinajstić information content (AvgIpc) is 2.58. The van der Waals surface area contributed by atoms with E-state index in [1.165, 1.54) is 0 Å². The second-order valence-corrected chi connectivity index (χ2v) is 8.19. The number of sulfonamides is 1. The van der Waals surface area contributed by atoms with Crippen LogP contribution in [0.3, 0.4) is 0 Å². The standard InChI is InChI=1S/C18H23N3O2S/c1-16-5-2-3-7-18(16)15-24(22,23)21-11-9-20(10-12-21)14-17-6-4-8-19-13-17/h2-8,13H,9-12,14-15H2,1H3. The first-order valence-electron chi connectivity index (χ1n) is 8.18. The normalized spacial score (nSPS) is 17.0. The van der Waals surface area contributed by atoms with Gasteiger partial charge in [0.25, 0.3) is 0 Å². The predicted molar refractivity (Wildman–Crippen MR) is 94.9 cm³/mol. The number of aryl methyl sites for hydroxylation is 1. The summed E-state index contributed by atoms with van der Waals surface area (Å²) in [6.45, 7) is 5.38. The maximum absolute atomic E-state index is 12.7. The van der Waals surface area contributed by atoms with Gasteiger partial charge in [0.2, 0.25) is 10.0 Å². The number of rotatable bonds is 5. The summed E-state index contributed by atoms with van der Waals surface area (Å²) in [6, 6.07) is 11.7. The van der Waals surface area contributed by atoms with E-state index in [1.54, 1.807) is 10.5 Å². The summed E-state index contributed by atoms with van der Waals surface area (Å²) in [6.07, 6.45) is 3.63. The zero-order valence-corrected chi connectivity index (χ0v) is 14.7. The summed E-state index contributed by atoms with van der Waals surface area (Å²) in [5, 5.41) is 0. The molecule has 0 unspecified atom stereocenters. The summed E-state index contributed by atoms with van der Waals surface area (Å²) >= 11 is 0. The van der Waals surface area contributed by atoms with Crippen molar-refractivity contribution in [2.75, 3.05) is 26.2 Å². The zero-order valence-electron chi connectivity index (χ0n) is 13.9. The molecular formula is C18H23N3O2S. The van der Waals surface area contributed by atoms with Crippen LogP contribution in [0.5, 0.6) is 0 Å². The molecule has 1 aromatic heterocycles. The number of piperazine rings is 1. The molecule has 1 aromatic carbocycles. The van der Waals surface area contributed by atoms with Crippen molar-refractivity contribution in [3.05, 3.63) is 65.5 Å². The molecule has 1 fully saturated rings. The molecule has 0 N–H and O–H groups in total.